The molecule has 0 bridgehead atoms. The number of hydrogen-bond donors (Lipinski definition) is 3. The molecular formula is C17H22ClN3O3. The van der Waals surface area contributed by atoms with Gasteiger partial charge in [0.2, 0.25) is 11.8 Å². The summed E-state index contributed by atoms with van der Waals surface area (Å²) in [5.74, 6) is -0.609. The van der Waals surface area contributed by atoms with Crippen molar-refractivity contribution in [1.29, 1.82) is 0 Å². The van der Waals surface area contributed by atoms with E-state index in [1.54, 1.807) is 19.1 Å². The Hall–Kier alpha value is -2.08. The maximum atomic E-state index is 12.2. The monoisotopic (exact) mass is 351 g/mol. The average Bonchev–Trinajstić information content (AvgIpc) is 2.52. The number of carbonyl (C=O) groups is 3. The molecule has 0 spiro atoms. The van der Waals surface area contributed by atoms with E-state index in [4.69, 9.17) is 11.6 Å². The van der Waals surface area contributed by atoms with Crippen molar-refractivity contribution < 1.29 is 14.4 Å². The summed E-state index contributed by atoms with van der Waals surface area (Å²) in [5, 5.41) is 8.61. The molecule has 1 fully saturated rings. The number of aryl methyl sites for hydroxylation is 1. The summed E-state index contributed by atoms with van der Waals surface area (Å²) >= 11 is 6.08. The number of amides is 3. The number of benzene rings is 1. The van der Waals surface area contributed by atoms with Crippen LogP contribution in [-0.4, -0.2) is 36.3 Å². The maximum absolute atomic E-state index is 12.2. The van der Waals surface area contributed by atoms with E-state index in [-0.39, 0.29) is 30.3 Å². The third-order valence-corrected chi connectivity index (χ3v) is 4.19. The molecule has 1 aliphatic rings. The summed E-state index contributed by atoms with van der Waals surface area (Å²) in [6.45, 7) is 3.97. The van der Waals surface area contributed by atoms with E-state index in [0.29, 0.717) is 29.8 Å². The minimum Gasteiger partial charge on any atom is -0.352 e. The van der Waals surface area contributed by atoms with Gasteiger partial charge in [-0.25, -0.2) is 0 Å². The van der Waals surface area contributed by atoms with Gasteiger partial charge in [0, 0.05) is 19.0 Å². The first-order chi connectivity index (χ1) is 11.4. The van der Waals surface area contributed by atoms with Crippen molar-refractivity contribution in [2.75, 3.05) is 6.54 Å². The van der Waals surface area contributed by atoms with E-state index in [0.717, 1.165) is 5.56 Å². The van der Waals surface area contributed by atoms with Crippen molar-refractivity contribution in [3.63, 3.8) is 0 Å². The normalized spacial score (nSPS) is 18.5. The second-order valence-corrected chi connectivity index (χ2v) is 6.52. The fourth-order valence-corrected chi connectivity index (χ4v) is 2.86. The van der Waals surface area contributed by atoms with Crippen LogP contribution < -0.4 is 16.0 Å². The Morgan fingerprint density at radius 3 is 2.83 bits per heavy atom. The van der Waals surface area contributed by atoms with Crippen LogP contribution in [0.2, 0.25) is 5.02 Å². The van der Waals surface area contributed by atoms with Crippen LogP contribution in [0.3, 0.4) is 0 Å². The summed E-state index contributed by atoms with van der Waals surface area (Å²) in [7, 11) is 0. The smallest absolute Gasteiger partial charge is 0.253 e. The standard InChI is InChI=1S/C17H22ClN3O3/c1-10-6-7-12(13(18)8-10)16(23)20-11(2)9-19-17(24)14-4-3-5-15(22)21-14/h6-8,11,14H,3-5,9H2,1-2H3,(H,19,24)(H,20,23)(H,21,22)/t11-,14-/m1/s1. The number of carbonyl (C=O) groups excluding carboxylic acids is 3. The highest BCUT2D eigenvalue weighted by Gasteiger charge is 2.24. The average molecular weight is 352 g/mol. The topological polar surface area (TPSA) is 87.3 Å². The summed E-state index contributed by atoms with van der Waals surface area (Å²) < 4.78 is 0. The van der Waals surface area contributed by atoms with Crippen molar-refractivity contribution >= 4 is 29.3 Å². The molecule has 0 saturated carbocycles. The highest BCUT2D eigenvalue weighted by atomic mass is 35.5. The third-order valence-electron chi connectivity index (χ3n) is 3.88. The maximum Gasteiger partial charge on any atom is 0.253 e. The van der Waals surface area contributed by atoms with Crippen LogP contribution in [0.25, 0.3) is 0 Å². The molecule has 2 rings (SSSR count). The van der Waals surface area contributed by atoms with E-state index >= 15 is 0 Å². The molecule has 1 saturated heterocycles. The lowest BCUT2D eigenvalue weighted by atomic mass is 10.0. The van der Waals surface area contributed by atoms with Crippen molar-refractivity contribution in [1.82, 2.24) is 16.0 Å². The van der Waals surface area contributed by atoms with Gasteiger partial charge in [-0.05, 0) is 44.4 Å². The van der Waals surface area contributed by atoms with Gasteiger partial charge in [-0.1, -0.05) is 17.7 Å². The molecule has 1 aromatic rings. The molecule has 1 aliphatic heterocycles. The van der Waals surface area contributed by atoms with E-state index in [9.17, 15) is 14.4 Å². The largest absolute Gasteiger partial charge is 0.352 e. The minimum absolute atomic E-state index is 0.100. The van der Waals surface area contributed by atoms with E-state index < -0.39 is 6.04 Å². The number of halogens is 1. The number of hydrogen-bond acceptors (Lipinski definition) is 3. The quantitative estimate of drug-likeness (QED) is 0.752. The predicted molar refractivity (Wildman–Crippen MR) is 91.9 cm³/mol. The van der Waals surface area contributed by atoms with Gasteiger partial charge < -0.3 is 16.0 Å². The zero-order chi connectivity index (χ0) is 17.7. The minimum atomic E-state index is -0.485. The number of nitrogens with one attached hydrogen (secondary N) is 3. The zero-order valence-corrected chi connectivity index (χ0v) is 14.6. The SMILES string of the molecule is Cc1ccc(C(=O)N[C@H](C)CNC(=O)[C@H]2CCCC(=O)N2)c(Cl)c1. The highest BCUT2D eigenvalue weighted by Crippen LogP contribution is 2.17. The first-order valence-electron chi connectivity index (χ1n) is 8.01. The molecule has 3 amide bonds. The van der Waals surface area contributed by atoms with Crippen molar-refractivity contribution in [3.8, 4) is 0 Å². The first kappa shape index (κ1) is 18.3. The Morgan fingerprint density at radius 2 is 2.17 bits per heavy atom. The van der Waals surface area contributed by atoms with Crippen LogP contribution >= 0.6 is 11.6 Å². The molecule has 0 radical (unpaired) electrons. The van der Waals surface area contributed by atoms with Gasteiger partial charge in [0.05, 0.1) is 10.6 Å². The Morgan fingerprint density at radius 1 is 1.42 bits per heavy atom. The van der Waals surface area contributed by atoms with Crippen LogP contribution in [-0.2, 0) is 9.59 Å². The summed E-state index contributed by atoms with van der Waals surface area (Å²) in [4.78, 5) is 35.6. The molecular weight excluding hydrogens is 330 g/mol. The Balaban J connectivity index is 1.82. The fraction of sp³-hybridized carbons (Fsp3) is 0.471. The van der Waals surface area contributed by atoms with Crippen LogP contribution in [0, 0.1) is 6.92 Å². The molecule has 0 aromatic heterocycles. The molecule has 0 aliphatic carbocycles. The number of piperidine rings is 1. The Labute approximate surface area is 146 Å². The molecule has 3 N–H and O–H groups in total. The van der Waals surface area contributed by atoms with Gasteiger partial charge in [0.1, 0.15) is 6.04 Å². The highest BCUT2D eigenvalue weighted by molar-refractivity contribution is 6.33. The van der Waals surface area contributed by atoms with Gasteiger partial charge in [0.15, 0.2) is 0 Å². The number of rotatable bonds is 5. The fourth-order valence-electron chi connectivity index (χ4n) is 2.54. The van der Waals surface area contributed by atoms with Crippen LogP contribution in [0.1, 0.15) is 42.1 Å². The summed E-state index contributed by atoms with van der Waals surface area (Å²) in [5.41, 5.74) is 1.38. The molecule has 1 heterocycles. The lowest BCUT2D eigenvalue weighted by Crippen LogP contribution is -2.51. The van der Waals surface area contributed by atoms with Crippen LogP contribution in [0.5, 0.6) is 0 Å². The van der Waals surface area contributed by atoms with E-state index in [1.807, 2.05) is 13.0 Å². The lowest BCUT2D eigenvalue weighted by molar-refractivity contribution is -0.131. The third kappa shape index (κ3) is 4.96. The molecule has 24 heavy (non-hydrogen) atoms. The summed E-state index contributed by atoms with van der Waals surface area (Å²) in [6, 6.07) is 4.47. The van der Waals surface area contributed by atoms with E-state index in [2.05, 4.69) is 16.0 Å². The van der Waals surface area contributed by atoms with Crippen LogP contribution in [0.4, 0.5) is 0 Å². The Kier molecular flexibility index (Phi) is 6.20. The lowest BCUT2D eigenvalue weighted by Gasteiger charge is -2.23. The van der Waals surface area contributed by atoms with E-state index in [1.165, 1.54) is 0 Å². The van der Waals surface area contributed by atoms with Gasteiger partial charge >= 0.3 is 0 Å². The van der Waals surface area contributed by atoms with Crippen molar-refractivity contribution in [3.05, 3.63) is 34.3 Å². The molecule has 2 atom stereocenters. The van der Waals surface area contributed by atoms with Gasteiger partial charge in [-0.15, -0.1) is 0 Å². The van der Waals surface area contributed by atoms with Gasteiger partial charge in [0.25, 0.3) is 5.91 Å². The van der Waals surface area contributed by atoms with Gasteiger partial charge in [-0.3, -0.25) is 14.4 Å². The molecule has 6 nitrogen and oxygen atoms in total. The second kappa shape index (κ2) is 8.15. The molecule has 0 unspecified atom stereocenters. The van der Waals surface area contributed by atoms with Gasteiger partial charge in [-0.2, -0.15) is 0 Å². The summed E-state index contributed by atoms with van der Waals surface area (Å²) in [6.07, 6.45) is 1.81. The predicted octanol–water partition coefficient (Wildman–Crippen LogP) is 1.55. The Bertz CT molecular complexity index is 648. The zero-order valence-electron chi connectivity index (χ0n) is 13.8. The van der Waals surface area contributed by atoms with Crippen LogP contribution in [0.15, 0.2) is 18.2 Å². The second-order valence-electron chi connectivity index (χ2n) is 6.12. The van der Waals surface area contributed by atoms with Crippen molar-refractivity contribution in [2.45, 2.75) is 45.2 Å². The molecule has 1 aromatic carbocycles. The molecule has 7 heteroatoms. The first-order valence-corrected chi connectivity index (χ1v) is 8.38. The molecule has 130 valence electrons. The van der Waals surface area contributed by atoms with Crippen molar-refractivity contribution in [2.24, 2.45) is 0 Å².